The summed E-state index contributed by atoms with van der Waals surface area (Å²) in [6.45, 7) is 12.6. The van der Waals surface area contributed by atoms with E-state index >= 15 is 0 Å². The second kappa shape index (κ2) is 43.1. The van der Waals surface area contributed by atoms with Crippen LogP contribution in [0.15, 0.2) is 12.4 Å². The zero-order valence-electron chi connectivity index (χ0n) is 52.7. The van der Waals surface area contributed by atoms with E-state index < -0.39 is 24.2 Å². The molecule has 27 nitrogen and oxygen atoms in total. The highest BCUT2D eigenvalue weighted by Crippen LogP contribution is 2.22. The number of terminal acetylenes is 1. The lowest BCUT2D eigenvalue weighted by Crippen LogP contribution is -2.50. The maximum Gasteiger partial charge on any atom is 0.303 e. The smallest absolute Gasteiger partial charge is 0.303 e. The summed E-state index contributed by atoms with van der Waals surface area (Å²) in [7, 11) is 0. The van der Waals surface area contributed by atoms with Crippen molar-refractivity contribution in [1.29, 1.82) is 0 Å². The number of unbranched alkanes of at least 4 members (excludes halogenated alkanes) is 15. The molecule has 5 heterocycles. The molecule has 0 saturated carbocycles. The number of carbonyl (C=O) groups excluding carboxylic acids is 4. The Labute approximate surface area is 520 Å². The molecule has 0 aromatic carbocycles. The van der Waals surface area contributed by atoms with E-state index in [0.29, 0.717) is 173 Å². The number of hydrogen-bond acceptors (Lipinski definition) is 20. The number of carboxylic acids is 1. The van der Waals surface area contributed by atoms with Gasteiger partial charge in [0.25, 0.3) is 0 Å². The Bertz CT molecular complexity index is 2490. The molecule has 3 atom stereocenters. The number of aliphatic carboxylic acids is 1. The van der Waals surface area contributed by atoms with Gasteiger partial charge < -0.3 is 65.7 Å². The topological polar surface area (TPSA) is 329 Å². The molecule has 0 aliphatic carbocycles. The zero-order valence-corrected chi connectivity index (χ0v) is 52.7. The fourth-order valence-corrected chi connectivity index (χ4v) is 10.6. The number of aliphatic hydroxyl groups excluding tert-OH is 1. The summed E-state index contributed by atoms with van der Waals surface area (Å²) in [6, 6.07) is -1.29. The predicted octanol–water partition coefficient (Wildman–Crippen LogP) is 4.41. The van der Waals surface area contributed by atoms with E-state index in [2.05, 4.69) is 52.3 Å². The average Bonchev–Trinajstić information content (AvgIpc) is 3.65. The number of hydrogen-bond donors (Lipinski definition) is 6. The first-order chi connectivity index (χ1) is 42.9. The molecule has 5 rings (SSSR count). The first-order valence-corrected chi connectivity index (χ1v) is 32.5. The molecule has 2 fully saturated rings. The van der Waals surface area contributed by atoms with Gasteiger partial charge in [-0.25, -0.2) is 9.36 Å². The fraction of sp³-hybridized carbons (Fsp3) is 0.770. The van der Waals surface area contributed by atoms with Crippen LogP contribution in [0.5, 0.6) is 0 Å². The zero-order chi connectivity index (χ0) is 63.0. The number of aryl methyl sites for hydroxylation is 2. The molecule has 0 bridgehead atoms. The van der Waals surface area contributed by atoms with Crippen molar-refractivity contribution in [3.05, 3.63) is 23.8 Å². The number of amides is 4. The minimum Gasteiger partial charge on any atom is -0.481 e. The predicted molar refractivity (Wildman–Crippen MR) is 334 cm³/mol. The largest absolute Gasteiger partial charge is 0.481 e. The van der Waals surface area contributed by atoms with Crippen LogP contribution in [-0.4, -0.2) is 219 Å². The number of nitrogens with one attached hydrogen (secondary N) is 3. The van der Waals surface area contributed by atoms with E-state index in [-0.39, 0.29) is 36.7 Å². The van der Waals surface area contributed by atoms with E-state index in [4.69, 9.17) is 46.4 Å². The van der Waals surface area contributed by atoms with Crippen molar-refractivity contribution < 1.29 is 48.4 Å². The number of nitrogens with two attached hydrogens (primary N) is 1. The second-order valence-electron chi connectivity index (χ2n) is 22.9. The van der Waals surface area contributed by atoms with Gasteiger partial charge in [0.05, 0.1) is 50.5 Å². The lowest BCUT2D eigenvalue weighted by atomic mass is 10.1. The van der Waals surface area contributed by atoms with Crippen LogP contribution in [0.2, 0.25) is 0 Å². The Hall–Kier alpha value is -6.60. The van der Waals surface area contributed by atoms with Gasteiger partial charge in [0.2, 0.25) is 41.5 Å². The Morgan fingerprint density at radius 1 is 0.602 bits per heavy atom. The molecule has 0 spiro atoms. The molecule has 0 unspecified atom stereocenters. The third-order valence-corrected chi connectivity index (χ3v) is 15.7. The molecule has 88 heavy (non-hydrogen) atoms. The summed E-state index contributed by atoms with van der Waals surface area (Å²) in [5.74, 6) is 3.10. The maximum atomic E-state index is 13.4. The molecule has 492 valence electrons. The van der Waals surface area contributed by atoms with Gasteiger partial charge in [0, 0.05) is 104 Å². The number of rotatable bonds is 48. The van der Waals surface area contributed by atoms with Crippen LogP contribution in [0.25, 0.3) is 0 Å². The van der Waals surface area contributed by atoms with Gasteiger partial charge in [-0.1, -0.05) is 93.4 Å². The van der Waals surface area contributed by atoms with Crippen LogP contribution in [-0.2, 0) is 44.6 Å². The minimum atomic E-state index is -0.893. The number of ether oxygens (including phenoxy) is 3. The Kier molecular flexibility index (Phi) is 35.4. The number of carbonyl (C=O) groups is 5. The van der Waals surface area contributed by atoms with Gasteiger partial charge in [-0.05, 0) is 78.2 Å². The van der Waals surface area contributed by atoms with Gasteiger partial charge in [0.15, 0.2) is 6.04 Å². The second-order valence-corrected chi connectivity index (χ2v) is 22.9. The number of carboxylic acid groups (broad SMARTS) is 1. The molecule has 3 aromatic heterocycles. The maximum absolute atomic E-state index is 13.4. The molecule has 2 saturated heterocycles. The summed E-state index contributed by atoms with van der Waals surface area (Å²) >= 11 is 0. The van der Waals surface area contributed by atoms with Gasteiger partial charge in [-0.3, -0.25) is 24.0 Å². The van der Waals surface area contributed by atoms with Crippen LogP contribution < -0.4 is 31.5 Å². The van der Waals surface area contributed by atoms with Crippen LogP contribution in [0.1, 0.15) is 178 Å². The van der Waals surface area contributed by atoms with E-state index in [1.165, 1.54) is 4.68 Å². The van der Waals surface area contributed by atoms with E-state index in [0.717, 1.165) is 116 Å². The summed E-state index contributed by atoms with van der Waals surface area (Å²) in [6.07, 6.45) is 28.2. The quantitative estimate of drug-likeness (QED) is 0.0337. The summed E-state index contributed by atoms with van der Waals surface area (Å²) in [4.78, 5) is 86.3. The van der Waals surface area contributed by atoms with Crippen molar-refractivity contribution >= 4 is 47.4 Å². The lowest BCUT2D eigenvalue weighted by Gasteiger charge is -2.36. The SMILES string of the molecule is C#CCOCCOCCOCCNc1nc(N2CCN(C(=O)CCCCCCCCCCNC(=O)[C@H](CCCCN)n3cc(CCCC(=O)O)nn3)CC2)nc(N2CCN(C(=O)CCCCCCCCCCNC(=O)[C@@H]([C@H](C)O)n3cc(C)nn3)CC2)n1. The standard InChI is InChI=1S/C61H103N17O10/c1-4-41-86-43-45-88-46-44-87-42-32-65-59-66-60(68-61(67-59)76-39-35-74(36-40-76)54(81)27-18-14-10-6-8-12-16-22-31-64-58(85)56(50(3)79)78-47-49(2)69-71-78)75-37-33-73(34-38-75)53(80)26-17-13-9-5-7-11-15-21-30-63-57(84)52(25-19-20-29-62)77-48-51(70-72-77)24-23-28-55(82)83/h1,47-48,50,52,56,79H,5-46,62H2,2-3H3,(H,63,84)(H,64,85)(H,82,83)(H,65,66,67,68)/t50-,52-,56+/m0/s1. The highest BCUT2D eigenvalue weighted by molar-refractivity contribution is 5.81. The lowest BCUT2D eigenvalue weighted by molar-refractivity contribution is -0.137. The molecule has 4 amide bonds. The Balaban J connectivity index is 0.957. The highest BCUT2D eigenvalue weighted by Gasteiger charge is 2.29. The minimum absolute atomic E-state index is 0.0598. The summed E-state index contributed by atoms with van der Waals surface area (Å²) in [5, 5.41) is 44.7. The molecular weight excluding hydrogens is 1130 g/mol. The van der Waals surface area contributed by atoms with E-state index in [1.54, 1.807) is 30.9 Å². The number of aliphatic hydroxyl groups is 1. The third-order valence-electron chi connectivity index (χ3n) is 15.7. The molecule has 7 N–H and O–H groups in total. The molecule has 0 radical (unpaired) electrons. The monoisotopic (exact) mass is 1230 g/mol. The van der Waals surface area contributed by atoms with Crippen molar-refractivity contribution in [2.75, 3.05) is 133 Å². The van der Waals surface area contributed by atoms with Gasteiger partial charge >= 0.3 is 5.97 Å². The van der Waals surface area contributed by atoms with Crippen molar-refractivity contribution in [1.82, 2.24) is 65.4 Å². The van der Waals surface area contributed by atoms with E-state index in [9.17, 15) is 29.1 Å². The number of nitrogens with zero attached hydrogens (tertiary/aromatic N) is 13. The van der Waals surface area contributed by atoms with Gasteiger partial charge in [-0.15, -0.1) is 16.6 Å². The van der Waals surface area contributed by atoms with Crippen LogP contribution in [0.3, 0.4) is 0 Å². The van der Waals surface area contributed by atoms with Gasteiger partial charge in [0.1, 0.15) is 12.6 Å². The first-order valence-electron chi connectivity index (χ1n) is 32.5. The van der Waals surface area contributed by atoms with Crippen molar-refractivity contribution in [3.8, 4) is 12.3 Å². The summed E-state index contributed by atoms with van der Waals surface area (Å²) < 4.78 is 19.6. The molecule has 27 heteroatoms. The number of aromatic nitrogens is 9. The van der Waals surface area contributed by atoms with Crippen molar-refractivity contribution in [2.24, 2.45) is 5.73 Å². The Morgan fingerprint density at radius 2 is 1.11 bits per heavy atom. The molecular formula is C61H103N17O10. The van der Waals surface area contributed by atoms with Crippen molar-refractivity contribution in [2.45, 2.75) is 186 Å². The van der Waals surface area contributed by atoms with Crippen LogP contribution in [0.4, 0.5) is 17.8 Å². The van der Waals surface area contributed by atoms with Crippen molar-refractivity contribution in [3.63, 3.8) is 0 Å². The van der Waals surface area contributed by atoms with Gasteiger partial charge in [-0.2, -0.15) is 15.0 Å². The van der Waals surface area contributed by atoms with Crippen LogP contribution in [0, 0.1) is 19.3 Å². The average molecular weight is 1230 g/mol. The summed E-state index contributed by atoms with van der Waals surface area (Å²) in [5.41, 5.74) is 7.07. The fourth-order valence-electron chi connectivity index (χ4n) is 10.6. The normalized spacial score (nSPS) is 14.6. The third kappa shape index (κ3) is 28.3. The first kappa shape index (κ1) is 72.1. The highest BCUT2D eigenvalue weighted by atomic mass is 16.5. The number of anilines is 3. The molecule has 3 aromatic rings. The number of piperazine rings is 2. The Morgan fingerprint density at radius 3 is 1.62 bits per heavy atom. The molecule has 2 aliphatic rings. The molecule has 2 aliphatic heterocycles. The van der Waals surface area contributed by atoms with Crippen LogP contribution >= 0.6 is 0 Å². The van der Waals surface area contributed by atoms with E-state index in [1.807, 2.05) is 9.80 Å².